The Morgan fingerprint density at radius 3 is 1.81 bits per heavy atom. The predicted molar refractivity (Wildman–Crippen MR) is 92.7 cm³/mol. The van der Waals surface area contributed by atoms with Crippen molar-refractivity contribution < 1.29 is 8.85 Å². The van der Waals surface area contributed by atoms with Gasteiger partial charge < -0.3 is 8.85 Å². The molecule has 2 nitrogen and oxygen atoms in total. The van der Waals surface area contributed by atoms with Gasteiger partial charge in [0.15, 0.2) is 0 Å². The molecule has 0 saturated carbocycles. The first kappa shape index (κ1) is 18.4. The molecule has 21 heavy (non-hydrogen) atoms. The number of hydrogen-bond acceptors (Lipinski definition) is 2. The van der Waals surface area contributed by atoms with Crippen LogP contribution in [0.4, 0.5) is 0 Å². The second-order valence-corrected chi connectivity index (χ2v) is 9.11. The highest BCUT2D eigenvalue weighted by molar-refractivity contribution is 6.65. The van der Waals surface area contributed by atoms with Gasteiger partial charge in [-0.15, -0.1) is 0 Å². The third-order valence-electron chi connectivity index (χ3n) is 3.68. The van der Waals surface area contributed by atoms with Crippen molar-refractivity contribution in [3.8, 4) is 0 Å². The molecule has 0 heterocycles. The third-order valence-corrected chi connectivity index (χ3v) is 6.36. The molecule has 120 valence electrons. The van der Waals surface area contributed by atoms with Crippen LogP contribution in [0.15, 0.2) is 30.3 Å². The van der Waals surface area contributed by atoms with Gasteiger partial charge in [0, 0.05) is 19.3 Å². The van der Waals surface area contributed by atoms with Crippen molar-refractivity contribution in [1.82, 2.24) is 0 Å². The largest absolute Gasteiger partial charge is 0.394 e. The van der Waals surface area contributed by atoms with E-state index in [9.17, 15) is 0 Å². The molecular weight excluding hydrogens is 276 g/mol. The van der Waals surface area contributed by atoms with E-state index in [1.165, 1.54) is 31.2 Å². The zero-order valence-electron chi connectivity index (χ0n) is 14.1. The highest BCUT2D eigenvalue weighted by Crippen LogP contribution is 2.17. The van der Waals surface area contributed by atoms with Crippen molar-refractivity contribution in [3.63, 3.8) is 0 Å². The van der Waals surface area contributed by atoms with E-state index >= 15 is 0 Å². The molecule has 1 aromatic rings. The summed E-state index contributed by atoms with van der Waals surface area (Å²) in [4.78, 5) is 0. The summed E-state index contributed by atoms with van der Waals surface area (Å²) in [7, 11) is -2.09. The summed E-state index contributed by atoms with van der Waals surface area (Å²) < 4.78 is 12.5. The first-order valence-electron chi connectivity index (χ1n) is 8.52. The Morgan fingerprint density at radius 2 is 1.33 bits per heavy atom. The third kappa shape index (κ3) is 8.39. The van der Waals surface area contributed by atoms with Crippen LogP contribution in [-0.4, -0.2) is 21.8 Å². The Kier molecular flexibility index (Phi) is 9.64. The molecule has 0 bridgehead atoms. The lowest BCUT2D eigenvalue weighted by Crippen LogP contribution is -2.42. The first-order valence-corrected chi connectivity index (χ1v) is 11.0. The fourth-order valence-electron chi connectivity index (χ4n) is 2.39. The monoisotopic (exact) mass is 308 g/mol. The van der Waals surface area contributed by atoms with Gasteiger partial charge in [0.1, 0.15) is 0 Å². The fourth-order valence-corrected chi connectivity index (χ4v) is 4.81. The predicted octanol–water partition coefficient (Wildman–Crippen LogP) is 5.25. The van der Waals surface area contributed by atoms with E-state index in [1.54, 1.807) is 0 Å². The van der Waals surface area contributed by atoms with Gasteiger partial charge in [-0.1, -0.05) is 69.9 Å². The second-order valence-electron chi connectivity index (χ2n) is 5.91. The Balaban J connectivity index is 2.50. The van der Waals surface area contributed by atoms with Crippen LogP contribution in [0.3, 0.4) is 0 Å². The molecular formula is C18H32O2Si. The van der Waals surface area contributed by atoms with Gasteiger partial charge in [-0.2, -0.15) is 0 Å². The molecule has 3 heteroatoms. The van der Waals surface area contributed by atoms with Gasteiger partial charge in [-0.25, -0.2) is 0 Å². The average Bonchev–Trinajstić information content (AvgIpc) is 2.49. The molecule has 0 aliphatic carbocycles. The minimum atomic E-state index is -2.09. The highest BCUT2D eigenvalue weighted by atomic mass is 28.4. The molecule has 0 aromatic heterocycles. The number of hydrogen-bond donors (Lipinski definition) is 0. The standard InChI is InChI=1S/C18H32O2Si/c1-4-6-11-15-19-21(3,20-16-12-7-5-2)17-18-13-9-8-10-14-18/h8-10,13-14H,4-7,11-12,15-17H2,1-3H3. The topological polar surface area (TPSA) is 18.5 Å². The molecule has 0 radical (unpaired) electrons. The van der Waals surface area contributed by atoms with E-state index in [4.69, 9.17) is 8.85 Å². The lowest BCUT2D eigenvalue weighted by atomic mass is 10.2. The van der Waals surface area contributed by atoms with Gasteiger partial charge in [0.2, 0.25) is 0 Å². The molecule has 0 saturated heterocycles. The van der Waals surface area contributed by atoms with Gasteiger partial charge in [-0.3, -0.25) is 0 Å². The van der Waals surface area contributed by atoms with Crippen molar-refractivity contribution in [1.29, 1.82) is 0 Å². The van der Waals surface area contributed by atoms with Crippen molar-refractivity contribution in [3.05, 3.63) is 35.9 Å². The molecule has 1 aromatic carbocycles. The Morgan fingerprint density at radius 1 is 0.810 bits per heavy atom. The molecule has 0 amide bonds. The van der Waals surface area contributed by atoms with Gasteiger partial charge >= 0.3 is 8.56 Å². The van der Waals surface area contributed by atoms with Crippen LogP contribution in [0.1, 0.15) is 57.9 Å². The van der Waals surface area contributed by atoms with E-state index in [-0.39, 0.29) is 0 Å². The summed E-state index contributed by atoms with van der Waals surface area (Å²) in [6.07, 6.45) is 7.24. The quantitative estimate of drug-likeness (QED) is 0.387. The smallest absolute Gasteiger partial charge is 0.339 e. The molecule has 0 atom stereocenters. The summed E-state index contributed by atoms with van der Waals surface area (Å²) in [6, 6.07) is 11.6. The SMILES string of the molecule is CCCCCO[Si](C)(Cc1ccccc1)OCCCCC. The molecule has 0 N–H and O–H groups in total. The summed E-state index contributed by atoms with van der Waals surface area (Å²) >= 11 is 0. The van der Waals surface area contributed by atoms with Gasteiger partial charge in [0.05, 0.1) is 0 Å². The van der Waals surface area contributed by atoms with E-state index in [1.807, 2.05) is 0 Å². The van der Waals surface area contributed by atoms with Crippen molar-refractivity contribution in [2.45, 2.75) is 65.0 Å². The maximum Gasteiger partial charge on any atom is 0.339 e. The van der Waals surface area contributed by atoms with E-state index < -0.39 is 8.56 Å². The zero-order valence-corrected chi connectivity index (χ0v) is 15.1. The van der Waals surface area contributed by atoms with Crippen LogP contribution in [0.25, 0.3) is 0 Å². The second kappa shape index (κ2) is 11.0. The van der Waals surface area contributed by atoms with E-state index in [2.05, 4.69) is 50.7 Å². The Bertz CT molecular complexity index is 341. The summed E-state index contributed by atoms with van der Waals surface area (Å²) in [5.41, 5.74) is 1.33. The fraction of sp³-hybridized carbons (Fsp3) is 0.667. The van der Waals surface area contributed by atoms with E-state index in [0.29, 0.717) is 0 Å². The van der Waals surface area contributed by atoms with Crippen LogP contribution in [0.2, 0.25) is 6.55 Å². The summed E-state index contributed by atoms with van der Waals surface area (Å²) in [6.45, 7) is 8.36. The molecule has 0 fully saturated rings. The number of rotatable bonds is 12. The van der Waals surface area contributed by atoms with Crippen molar-refractivity contribution in [2.75, 3.05) is 13.2 Å². The van der Waals surface area contributed by atoms with Crippen LogP contribution in [0, 0.1) is 0 Å². The Labute approximate surface area is 132 Å². The maximum absolute atomic E-state index is 6.23. The van der Waals surface area contributed by atoms with Crippen molar-refractivity contribution in [2.24, 2.45) is 0 Å². The van der Waals surface area contributed by atoms with Crippen LogP contribution >= 0.6 is 0 Å². The number of benzene rings is 1. The summed E-state index contributed by atoms with van der Waals surface area (Å²) in [5.74, 6) is 0. The summed E-state index contributed by atoms with van der Waals surface area (Å²) in [5, 5.41) is 0. The zero-order chi connectivity index (χ0) is 15.4. The first-order chi connectivity index (χ1) is 10.2. The number of unbranched alkanes of at least 4 members (excludes halogenated alkanes) is 4. The molecule has 0 aliphatic heterocycles. The highest BCUT2D eigenvalue weighted by Gasteiger charge is 2.31. The van der Waals surface area contributed by atoms with Gasteiger partial charge in [0.25, 0.3) is 0 Å². The molecule has 0 spiro atoms. The normalized spacial score (nSPS) is 11.8. The van der Waals surface area contributed by atoms with Crippen LogP contribution in [-0.2, 0) is 14.9 Å². The minimum absolute atomic E-state index is 0.844. The van der Waals surface area contributed by atoms with Gasteiger partial charge in [-0.05, 0) is 25.0 Å². The lowest BCUT2D eigenvalue weighted by Gasteiger charge is -2.27. The minimum Gasteiger partial charge on any atom is -0.394 e. The van der Waals surface area contributed by atoms with E-state index in [0.717, 1.165) is 32.1 Å². The molecule has 0 unspecified atom stereocenters. The van der Waals surface area contributed by atoms with Crippen LogP contribution < -0.4 is 0 Å². The van der Waals surface area contributed by atoms with Crippen molar-refractivity contribution >= 4 is 8.56 Å². The average molecular weight is 309 g/mol. The van der Waals surface area contributed by atoms with Crippen LogP contribution in [0.5, 0.6) is 0 Å². The lowest BCUT2D eigenvalue weighted by molar-refractivity contribution is 0.166. The Hall–Kier alpha value is -0.643. The molecule has 1 rings (SSSR count). The molecule has 0 aliphatic rings. The maximum atomic E-state index is 6.23.